The molecule has 1 heterocycles. The Bertz CT molecular complexity index is 622. The van der Waals surface area contributed by atoms with Gasteiger partial charge in [0, 0.05) is 18.1 Å². The van der Waals surface area contributed by atoms with Crippen LogP contribution in [0, 0.1) is 11.6 Å². The maximum atomic E-state index is 13.6. The molecule has 2 nitrogen and oxygen atoms in total. The van der Waals surface area contributed by atoms with Gasteiger partial charge in [0.15, 0.2) is 0 Å². The minimum Gasteiger partial charge on any atom is -0.220 e. The highest BCUT2D eigenvalue weighted by Crippen LogP contribution is 2.29. The van der Waals surface area contributed by atoms with E-state index in [9.17, 15) is 8.78 Å². The van der Waals surface area contributed by atoms with E-state index in [1.54, 1.807) is 0 Å². The molecule has 0 N–H and O–H groups in total. The van der Waals surface area contributed by atoms with Crippen LogP contribution in [0.1, 0.15) is 36.7 Å². The summed E-state index contributed by atoms with van der Waals surface area (Å²) in [5.41, 5.74) is 0.951. The summed E-state index contributed by atoms with van der Waals surface area (Å²) in [4.78, 5) is 8.25. The van der Waals surface area contributed by atoms with E-state index in [1.165, 1.54) is 12.1 Å². The average Bonchev–Trinajstić information content (AvgIpc) is 2.31. The zero-order chi connectivity index (χ0) is 14.9. The molecule has 0 aliphatic carbocycles. The van der Waals surface area contributed by atoms with Gasteiger partial charge in [0.2, 0.25) is 0 Å². The van der Waals surface area contributed by atoms with Crippen molar-refractivity contribution in [3.63, 3.8) is 0 Å². The molecule has 0 atom stereocenters. The van der Waals surface area contributed by atoms with Crippen molar-refractivity contribution in [2.75, 3.05) is 0 Å². The van der Waals surface area contributed by atoms with Crippen LogP contribution in [0.3, 0.4) is 0 Å². The second kappa shape index (κ2) is 6.02. The lowest BCUT2D eigenvalue weighted by Crippen LogP contribution is -2.04. The van der Waals surface area contributed by atoms with Gasteiger partial charge in [0.05, 0.1) is 0 Å². The van der Waals surface area contributed by atoms with Gasteiger partial charge >= 0.3 is 0 Å². The molecule has 6 heteroatoms. The van der Waals surface area contributed by atoms with Crippen molar-refractivity contribution in [2.45, 2.75) is 26.2 Å². The van der Waals surface area contributed by atoms with Gasteiger partial charge in [0.25, 0.3) is 0 Å². The lowest BCUT2D eigenvalue weighted by Gasteiger charge is -2.11. The highest BCUT2D eigenvalue weighted by molar-refractivity contribution is 6.34. The van der Waals surface area contributed by atoms with Crippen LogP contribution in [0.25, 0.3) is 0 Å². The summed E-state index contributed by atoms with van der Waals surface area (Å²) in [6, 6.07) is 3.36. The van der Waals surface area contributed by atoms with Crippen LogP contribution < -0.4 is 0 Å². The Morgan fingerprint density at radius 2 is 1.70 bits per heavy atom. The summed E-state index contributed by atoms with van der Waals surface area (Å²) in [5.74, 6) is -0.881. The van der Waals surface area contributed by atoms with Crippen LogP contribution in [0.2, 0.25) is 10.3 Å². The molecule has 2 aromatic rings. The molecule has 1 aromatic carbocycles. The number of hydrogen-bond acceptors (Lipinski definition) is 2. The fourth-order valence-corrected chi connectivity index (χ4v) is 2.71. The first-order chi connectivity index (χ1) is 9.38. The Morgan fingerprint density at radius 3 is 2.20 bits per heavy atom. The van der Waals surface area contributed by atoms with E-state index < -0.39 is 11.6 Å². The number of nitrogens with zero attached hydrogens (tertiary/aromatic N) is 2. The zero-order valence-corrected chi connectivity index (χ0v) is 12.4. The van der Waals surface area contributed by atoms with Crippen LogP contribution in [-0.2, 0) is 6.42 Å². The first kappa shape index (κ1) is 15.1. The van der Waals surface area contributed by atoms with E-state index in [4.69, 9.17) is 23.2 Å². The number of benzene rings is 1. The monoisotopic (exact) mass is 316 g/mol. The SMILES string of the molecule is CC(C)c1c(Cl)nc(Cc2ccc(F)cc2F)nc1Cl. The topological polar surface area (TPSA) is 25.8 Å². The van der Waals surface area contributed by atoms with Gasteiger partial charge in [-0.05, 0) is 17.5 Å². The lowest BCUT2D eigenvalue weighted by molar-refractivity contribution is 0.573. The van der Waals surface area contributed by atoms with Crippen molar-refractivity contribution in [1.29, 1.82) is 0 Å². The van der Waals surface area contributed by atoms with Crippen molar-refractivity contribution >= 4 is 23.2 Å². The summed E-state index contributed by atoms with van der Waals surface area (Å²) in [5, 5.41) is 0.523. The average molecular weight is 317 g/mol. The van der Waals surface area contributed by atoms with Crippen LogP contribution in [0.5, 0.6) is 0 Å². The predicted molar refractivity (Wildman–Crippen MR) is 75.3 cm³/mol. The van der Waals surface area contributed by atoms with Crippen LogP contribution in [0.4, 0.5) is 8.78 Å². The molecule has 0 saturated heterocycles. The van der Waals surface area contributed by atoms with E-state index in [-0.39, 0.29) is 28.2 Å². The maximum absolute atomic E-state index is 13.6. The molecule has 0 radical (unpaired) electrons. The standard InChI is InChI=1S/C14H12Cl2F2N2/c1-7(2)12-13(15)19-11(20-14(12)16)5-8-3-4-9(17)6-10(8)18/h3-4,6-7H,5H2,1-2H3. The minimum atomic E-state index is -0.645. The van der Waals surface area contributed by atoms with Gasteiger partial charge in [-0.3, -0.25) is 0 Å². The molecular formula is C14H12Cl2F2N2. The third kappa shape index (κ3) is 3.25. The summed E-state index contributed by atoms with van der Waals surface area (Å²) in [7, 11) is 0. The number of aromatic nitrogens is 2. The third-order valence-electron chi connectivity index (χ3n) is 2.84. The Labute approximate surface area is 125 Å². The normalized spacial score (nSPS) is 11.2. The van der Waals surface area contributed by atoms with Crippen molar-refractivity contribution < 1.29 is 8.78 Å². The predicted octanol–water partition coefficient (Wildman–Crippen LogP) is 4.78. The quantitative estimate of drug-likeness (QED) is 0.762. The first-order valence-corrected chi connectivity index (χ1v) is 6.79. The molecule has 106 valence electrons. The molecule has 0 fully saturated rings. The Morgan fingerprint density at radius 1 is 1.10 bits per heavy atom. The van der Waals surface area contributed by atoms with E-state index in [1.807, 2.05) is 13.8 Å². The molecule has 2 rings (SSSR count). The minimum absolute atomic E-state index is 0.0895. The molecule has 0 amide bonds. The number of rotatable bonds is 3. The summed E-state index contributed by atoms with van der Waals surface area (Å²) in [6.45, 7) is 3.85. The van der Waals surface area contributed by atoms with E-state index in [0.717, 1.165) is 6.07 Å². The Kier molecular flexibility index (Phi) is 4.55. The van der Waals surface area contributed by atoms with E-state index >= 15 is 0 Å². The molecule has 20 heavy (non-hydrogen) atoms. The molecule has 1 aromatic heterocycles. The largest absolute Gasteiger partial charge is 0.220 e. The smallest absolute Gasteiger partial charge is 0.137 e. The molecule has 0 spiro atoms. The van der Waals surface area contributed by atoms with Crippen molar-refractivity contribution in [3.8, 4) is 0 Å². The molecule has 0 unspecified atom stereocenters. The fourth-order valence-electron chi connectivity index (χ4n) is 1.85. The van der Waals surface area contributed by atoms with Crippen molar-refractivity contribution in [1.82, 2.24) is 9.97 Å². The van der Waals surface area contributed by atoms with E-state index in [0.29, 0.717) is 11.4 Å². The molecule has 0 bridgehead atoms. The number of hydrogen-bond donors (Lipinski definition) is 0. The zero-order valence-electron chi connectivity index (χ0n) is 10.9. The summed E-state index contributed by atoms with van der Waals surface area (Å²) in [6.07, 6.45) is 0.101. The van der Waals surface area contributed by atoms with E-state index in [2.05, 4.69) is 9.97 Å². The Balaban J connectivity index is 2.35. The third-order valence-corrected chi connectivity index (χ3v) is 3.42. The molecule has 0 saturated carbocycles. The van der Waals surface area contributed by atoms with Crippen LogP contribution in [-0.4, -0.2) is 9.97 Å². The van der Waals surface area contributed by atoms with Gasteiger partial charge < -0.3 is 0 Å². The maximum Gasteiger partial charge on any atom is 0.137 e. The fraction of sp³-hybridized carbons (Fsp3) is 0.286. The van der Waals surface area contributed by atoms with Crippen molar-refractivity contribution in [3.05, 3.63) is 57.1 Å². The van der Waals surface area contributed by atoms with Crippen LogP contribution in [0.15, 0.2) is 18.2 Å². The summed E-state index contributed by atoms with van der Waals surface area (Å²) >= 11 is 12.1. The van der Waals surface area contributed by atoms with Gasteiger partial charge in [0.1, 0.15) is 27.8 Å². The van der Waals surface area contributed by atoms with Gasteiger partial charge in [-0.25, -0.2) is 18.7 Å². The van der Waals surface area contributed by atoms with Gasteiger partial charge in [-0.1, -0.05) is 43.1 Å². The second-order valence-electron chi connectivity index (χ2n) is 4.70. The molecule has 0 aliphatic rings. The number of halogens is 4. The Hall–Kier alpha value is -1.26. The molecule has 0 aliphatic heterocycles. The summed E-state index contributed by atoms with van der Waals surface area (Å²) < 4.78 is 26.4. The lowest BCUT2D eigenvalue weighted by atomic mass is 10.1. The highest BCUT2D eigenvalue weighted by atomic mass is 35.5. The second-order valence-corrected chi connectivity index (χ2v) is 5.42. The van der Waals surface area contributed by atoms with Gasteiger partial charge in [-0.15, -0.1) is 0 Å². The van der Waals surface area contributed by atoms with Crippen molar-refractivity contribution in [2.24, 2.45) is 0 Å². The first-order valence-electron chi connectivity index (χ1n) is 6.04. The highest BCUT2D eigenvalue weighted by Gasteiger charge is 2.15. The van der Waals surface area contributed by atoms with Gasteiger partial charge in [-0.2, -0.15) is 0 Å². The molecular weight excluding hydrogens is 305 g/mol. The van der Waals surface area contributed by atoms with Crippen LogP contribution >= 0.6 is 23.2 Å².